The SMILES string of the molecule is CC1(C)CC(=O)c2ccn(-c3c(Cl)cc(Cl)cc3Cl)c2C1. The highest BCUT2D eigenvalue weighted by Crippen LogP contribution is 2.39. The van der Waals surface area contributed by atoms with E-state index in [4.69, 9.17) is 34.8 Å². The van der Waals surface area contributed by atoms with Gasteiger partial charge in [-0.1, -0.05) is 48.7 Å². The maximum atomic E-state index is 12.3. The Morgan fingerprint density at radius 2 is 1.71 bits per heavy atom. The number of ketones is 1. The zero-order chi connectivity index (χ0) is 15.4. The van der Waals surface area contributed by atoms with Crippen molar-refractivity contribution < 1.29 is 4.79 Å². The van der Waals surface area contributed by atoms with E-state index in [9.17, 15) is 4.79 Å². The lowest BCUT2D eigenvalue weighted by atomic mass is 9.76. The van der Waals surface area contributed by atoms with E-state index in [1.807, 2.05) is 16.8 Å². The van der Waals surface area contributed by atoms with Crippen LogP contribution in [0, 0.1) is 5.41 Å². The van der Waals surface area contributed by atoms with Crippen LogP contribution in [0.4, 0.5) is 0 Å². The summed E-state index contributed by atoms with van der Waals surface area (Å²) in [6, 6.07) is 5.16. The maximum absolute atomic E-state index is 12.3. The molecule has 0 atom stereocenters. The molecule has 0 amide bonds. The molecule has 1 aliphatic rings. The van der Waals surface area contributed by atoms with Gasteiger partial charge in [0.15, 0.2) is 5.78 Å². The first-order chi connectivity index (χ1) is 9.78. The van der Waals surface area contributed by atoms with E-state index in [-0.39, 0.29) is 11.2 Å². The standard InChI is InChI=1S/C16H14Cl3NO/c1-16(2)7-13-10(14(21)8-16)3-4-20(13)15-11(18)5-9(17)6-12(15)19/h3-6H,7-8H2,1-2H3. The molecular weight excluding hydrogens is 329 g/mol. The van der Waals surface area contributed by atoms with Crippen LogP contribution in [0.25, 0.3) is 5.69 Å². The van der Waals surface area contributed by atoms with Crippen LogP contribution in [-0.2, 0) is 6.42 Å². The molecule has 0 saturated carbocycles. The van der Waals surface area contributed by atoms with Crippen LogP contribution in [0.15, 0.2) is 24.4 Å². The highest BCUT2D eigenvalue weighted by Gasteiger charge is 2.33. The summed E-state index contributed by atoms with van der Waals surface area (Å²) in [5, 5.41) is 1.44. The molecule has 0 saturated heterocycles. The lowest BCUT2D eigenvalue weighted by Crippen LogP contribution is -2.27. The van der Waals surface area contributed by atoms with Crippen LogP contribution >= 0.6 is 34.8 Å². The second-order valence-corrected chi connectivity index (χ2v) is 7.46. The van der Waals surface area contributed by atoms with Crippen molar-refractivity contribution in [3.8, 4) is 5.69 Å². The number of benzene rings is 1. The summed E-state index contributed by atoms with van der Waals surface area (Å²) in [5.41, 5.74) is 2.33. The summed E-state index contributed by atoms with van der Waals surface area (Å²) in [6.07, 6.45) is 3.22. The van der Waals surface area contributed by atoms with E-state index in [1.165, 1.54) is 0 Å². The Balaban J connectivity index is 2.21. The van der Waals surface area contributed by atoms with Gasteiger partial charge >= 0.3 is 0 Å². The third-order valence-electron chi connectivity index (χ3n) is 3.80. The Labute approximate surface area is 138 Å². The predicted octanol–water partition coefficient (Wildman–Crippen LogP) is 5.59. The minimum absolute atomic E-state index is 0.0639. The van der Waals surface area contributed by atoms with Gasteiger partial charge < -0.3 is 4.57 Å². The lowest BCUT2D eigenvalue weighted by molar-refractivity contribution is 0.0911. The van der Waals surface area contributed by atoms with Gasteiger partial charge in [-0.25, -0.2) is 0 Å². The Morgan fingerprint density at radius 1 is 1.10 bits per heavy atom. The summed E-state index contributed by atoms with van der Waals surface area (Å²) in [4.78, 5) is 12.3. The predicted molar refractivity (Wildman–Crippen MR) is 87.2 cm³/mol. The molecule has 110 valence electrons. The molecule has 0 spiro atoms. The van der Waals surface area contributed by atoms with Gasteiger partial charge in [0.2, 0.25) is 0 Å². The largest absolute Gasteiger partial charge is 0.317 e. The lowest BCUT2D eigenvalue weighted by Gasteiger charge is -2.30. The molecule has 0 bridgehead atoms. The number of fused-ring (bicyclic) bond motifs is 1. The van der Waals surface area contributed by atoms with Crippen molar-refractivity contribution in [1.82, 2.24) is 4.57 Å². The van der Waals surface area contributed by atoms with Gasteiger partial charge in [-0.05, 0) is 30.0 Å². The van der Waals surface area contributed by atoms with Crippen molar-refractivity contribution in [3.63, 3.8) is 0 Å². The Hall–Kier alpha value is -0.960. The Morgan fingerprint density at radius 3 is 2.33 bits per heavy atom. The van der Waals surface area contributed by atoms with Gasteiger partial charge in [0.05, 0.1) is 15.7 Å². The molecule has 1 aliphatic carbocycles. The molecule has 1 heterocycles. The van der Waals surface area contributed by atoms with Gasteiger partial charge in [0, 0.05) is 28.9 Å². The van der Waals surface area contributed by atoms with Crippen molar-refractivity contribution in [1.29, 1.82) is 0 Å². The summed E-state index contributed by atoms with van der Waals surface area (Å²) in [5.74, 6) is 0.168. The van der Waals surface area contributed by atoms with Crippen LogP contribution < -0.4 is 0 Å². The fourth-order valence-electron chi connectivity index (χ4n) is 2.92. The second-order valence-electron chi connectivity index (χ2n) is 6.21. The normalized spacial score (nSPS) is 16.9. The number of rotatable bonds is 1. The molecule has 1 aromatic carbocycles. The zero-order valence-corrected chi connectivity index (χ0v) is 14.0. The third-order valence-corrected chi connectivity index (χ3v) is 4.59. The molecule has 21 heavy (non-hydrogen) atoms. The number of hydrogen-bond donors (Lipinski definition) is 0. The first-order valence-corrected chi connectivity index (χ1v) is 7.80. The zero-order valence-electron chi connectivity index (χ0n) is 11.7. The Bertz CT molecular complexity index is 723. The minimum Gasteiger partial charge on any atom is -0.317 e. The smallest absolute Gasteiger partial charge is 0.165 e. The molecule has 2 aromatic rings. The van der Waals surface area contributed by atoms with Gasteiger partial charge in [0.1, 0.15) is 0 Å². The van der Waals surface area contributed by atoms with E-state index in [2.05, 4.69) is 13.8 Å². The van der Waals surface area contributed by atoms with Gasteiger partial charge in [-0.2, -0.15) is 0 Å². The summed E-state index contributed by atoms with van der Waals surface area (Å²) >= 11 is 18.6. The summed E-state index contributed by atoms with van der Waals surface area (Å²) < 4.78 is 1.91. The fourth-order valence-corrected chi connectivity index (χ4v) is 3.92. The Kier molecular flexibility index (Phi) is 3.59. The van der Waals surface area contributed by atoms with Crippen molar-refractivity contribution in [2.45, 2.75) is 26.7 Å². The van der Waals surface area contributed by atoms with Crippen LogP contribution in [0.1, 0.15) is 36.3 Å². The molecule has 3 rings (SSSR count). The van der Waals surface area contributed by atoms with E-state index in [0.29, 0.717) is 27.2 Å². The fraction of sp³-hybridized carbons (Fsp3) is 0.312. The number of nitrogens with zero attached hydrogens (tertiary/aromatic N) is 1. The average Bonchev–Trinajstić information content (AvgIpc) is 2.70. The number of aromatic nitrogens is 1. The molecule has 0 radical (unpaired) electrons. The van der Waals surface area contributed by atoms with Gasteiger partial charge in [-0.15, -0.1) is 0 Å². The van der Waals surface area contributed by atoms with E-state index >= 15 is 0 Å². The van der Waals surface area contributed by atoms with Crippen LogP contribution in [0.3, 0.4) is 0 Å². The van der Waals surface area contributed by atoms with Crippen molar-refractivity contribution in [2.75, 3.05) is 0 Å². The second kappa shape index (κ2) is 5.05. The number of carbonyl (C=O) groups is 1. The van der Waals surface area contributed by atoms with Crippen LogP contribution in [0.2, 0.25) is 15.1 Å². The highest BCUT2D eigenvalue weighted by molar-refractivity contribution is 6.40. The monoisotopic (exact) mass is 341 g/mol. The number of halogens is 3. The van der Waals surface area contributed by atoms with Crippen LogP contribution in [0.5, 0.6) is 0 Å². The van der Waals surface area contributed by atoms with Gasteiger partial charge in [-0.3, -0.25) is 4.79 Å². The van der Waals surface area contributed by atoms with E-state index in [1.54, 1.807) is 12.1 Å². The quantitative estimate of drug-likeness (QED) is 0.662. The first kappa shape index (κ1) is 15.0. The van der Waals surface area contributed by atoms with Crippen LogP contribution in [-0.4, -0.2) is 10.4 Å². The maximum Gasteiger partial charge on any atom is 0.165 e. The number of Topliss-reactive ketones (excluding diaryl/α,β-unsaturated/α-hetero) is 1. The third kappa shape index (κ3) is 2.61. The minimum atomic E-state index is -0.0639. The van der Waals surface area contributed by atoms with Gasteiger partial charge in [0.25, 0.3) is 0 Å². The molecule has 0 fully saturated rings. The van der Waals surface area contributed by atoms with E-state index < -0.39 is 0 Å². The molecule has 0 aliphatic heterocycles. The highest BCUT2D eigenvalue weighted by atomic mass is 35.5. The number of carbonyl (C=O) groups excluding carboxylic acids is 1. The van der Waals surface area contributed by atoms with Crippen molar-refractivity contribution in [3.05, 3.63) is 50.7 Å². The summed E-state index contributed by atoms with van der Waals surface area (Å²) in [7, 11) is 0. The topological polar surface area (TPSA) is 22.0 Å². The first-order valence-electron chi connectivity index (χ1n) is 6.67. The van der Waals surface area contributed by atoms with Crippen molar-refractivity contribution in [2.24, 2.45) is 5.41 Å². The van der Waals surface area contributed by atoms with Crippen molar-refractivity contribution >= 4 is 40.6 Å². The summed E-state index contributed by atoms with van der Waals surface area (Å²) in [6.45, 7) is 4.19. The average molecular weight is 343 g/mol. The molecule has 2 nitrogen and oxygen atoms in total. The molecule has 0 N–H and O–H groups in total. The van der Waals surface area contributed by atoms with E-state index in [0.717, 1.165) is 17.7 Å². The molecule has 0 unspecified atom stereocenters. The molecule has 5 heteroatoms. The molecular formula is C16H14Cl3NO. The number of hydrogen-bond acceptors (Lipinski definition) is 1. The molecule has 1 aromatic heterocycles.